The van der Waals surface area contributed by atoms with Crippen LogP contribution in [0.15, 0.2) is 35.1 Å². The number of carbonyl (C=O) groups is 2. The lowest BCUT2D eigenvalue weighted by atomic mass is 9.90. The Kier molecular flexibility index (Phi) is 4.00. The summed E-state index contributed by atoms with van der Waals surface area (Å²) in [6.07, 6.45) is 7.54. The summed E-state index contributed by atoms with van der Waals surface area (Å²) in [5.41, 5.74) is 1.18. The fourth-order valence-corrected chi connectivity index (χ4v) is 5.06. The zero-order valence-corrected chi connectivity index (χ0v) is 15.9. The molecule has 0 unspecified atom stereocenters. The summed E-state index contributed by atoms with van der Waals surface area (Å²) in [5, 5.41) is 7.22. The predicted molar refractivity (Wildman–Crippen MR) is 100 cm³/mol. The minimum Gasteiger partial charge on any atom is -0.361 e. The van der Waals surface area contributed by atoms with Crippen molar-refractivity contribution < 1.29 is 14.1 Å². The monoisotopic (exact) mass is 380 g/mol. The van der Waals surface area contributed by atoms with E-state index in [4.69, 9.17) is 4.52 Å². The van der Waals surface area contributed by atoms with Crippen molar-refractivity contribution >= 4 is 11.8 Å². The highest BCUT2D eigenvalue weighted by molar-refractivity contribution is 5.93. The van der Waals surface area contributed by atoms with Crippen molar-refractivity contribution in [1.82, 2.24) is 20.4 Å². The minimum absolute atomic E-state index is 0.0165. The number of carbonyl (C=O) groups excluding carboxylic acids is 2. The van der Waals surface area contributed by atoms with E-state index in [1.165, 1.54) is 0 Å². The van der Waals surface area contributed by atoms with Crippen molar-refractivity contribution in [2.75, 3.05) is 13.1 Å². The van der Waals surface area contributed by atoms with Crippen LogP contribution in [0.5, 0.6) is 0 Å². The highest BCUT2D eigenvalue weighted by atomic mass is 16.5. The van der Waals surface area contributed by atoms with Gasteiger partial charge < -0.3 is 14.7 Å². The van der Waals surface area contributed by atoms with Gasteiger partial charge in [0, 0.05) is 43.4 Å². The van der Waals surface area contributed by atoms with E-state index >= 15 is 0 Å². The van der Waals surface area contributed by atoms with Gasteiger partial charge in [0.1, 0.15) is 5.76 Å². The number of hydrogen-bond acceptors (Lipinski definition) is 5. The van der Waals surface area contributed by atoms with Crippen LogP contribution >= 0.6 is 0 Å². The van der Waals surface area contributed by atoms with E-state index in [1.807, 2.05) is 23.2 Å². The highest BCUT2D eigenvalue weighted by Crippen LogP contribution is 2.49. The molecule has 1 aliphatic heterocycles. The van der Waals surface area contributed by atoms with Crippen molar-refractivity contribution in [2.24, 2.45) is 11.8 Å². The number of likely N-dealkylation sites (tertiary alicyclic amines) is 1. The fraction of sp³-hybridized carbons (Fsp3) is 0.524. The molecule has 0 spiro atoms. The van der Waals surface area contributed by atoms with Crippen molar-refractivity contribution in [1.29, 1.82) is 0 Å². The molecule has 2 saturated carbocycles. The molecular weight excluding hydrogens is 356 g/mol. The van der Waals surface area contributed by atoms with Crippen LogP contribution in [0, 0.1) is 18.8 Å². The van der Waals surface area contributed by atoms with Crippen LogP contribution < -0.4 is 5.32 Å². The Morgan fingerprint density at radius 2 is 2.29 bits per heavy atom. The first-order valence-corrected chi connectivity index (χ1v) is 10.0. The minimum atomic E-state index is -0.298. The molecule has 1 saturated heterocycles. The molecule has 1 N–H and O–H groups in total. The largest absolute Gasteiger partial charge is 0.361 e. The van der Waals surface area contributed by atoms with Gasteiger partial charge in [0.2, 0.25) is 5.91 Å². The molecule has 146 valence electrons. The van der Waals surface area contributed by atoms with E-state index in [0.717, 1.165) is 31.2 Å². The molecule has 7 heteroatoms. The topological polar surface area (TPSA) is 88.3 Å². The predicted octanol–water partition coefficient (Wildman–Crippen LogP) is 2.29. The number of pyridine rings is 1. The van der Waals surface area contributed by atoms with Crippen molar-refractivity contribution in [2.45, 2.75) is 44.1 Å². The van der Waals surface area contributed by atoms with Gasteiger partial charge in [-0.05, 0) is 43.7 Å². The molecule has 0 bridgehead atoms. The van der Waals surface area contributed by atoms with Crippen molar-refractivity contribution in [3.05, 3.63) is 47.6 Å². The van der Waals surface area contributed by atoms with Gasteiger partial charge >= 0.3 is 0 Å². The maximum atomic E-state index is 13.0. The second-order valence-corrected chi connectivity index (χ2v) is 8.48. The fourth-order valence-electron chi connectivity index (χ4n) is 5.06. The van der Waals surface area contributed by atoms with Gasteiger partial charge in [-0.1, -0.05) is 17.6 Å². The van der Waals surface area contributed by atoms with E-state index < -0.39 is 0 Å². The van der Waals surface area contributed by atoms with E-state index in [0.29, 0.717) is 30.5 Å². The number of aryl methyl sites for hydroxylation is 1. The lowest BCUT2D eigenvalue weighted by Crippen LogP contribution is -2.53. The number of amides is 2. The summed E-state index contributed by atoms with van der Waals surface area (Å²) in [4.78, 5) is 31.7. The number of nitrogens with zero attached hydrogens (tertiary/aromatic N) is 3. The van der Waals surface area contributed by atoms with Crippen molar-refractivity contribution in [3.63, 3.8) is 0 Å². The second kappa shape index (κ2) is 6.43. The van der Waals surface area contributed by atoms with E-state index in [-0.39, 0.29) is 29.2 Å². The second-order valence-electron chi connectivity index (χ2n) is 8.48. The van der Waals surface area contributed by atoms with E-state index in [9.17, 15) is 9.59 Å². The smallest absolute Gasteiger partial charge is 0.276 e. The Balaban J connectivity index is 1.28. The number of fused-ring (bicyclic) bond motifs is 1. The van der Waals surface area contributed by atoms with Gasteiger partial charge in [0.15, 0.2) is 5.69 Å². The quantitative estimate of drug-likeness (QED) is 0.879. The lowest BCUT2D eigenvalue weighted by Gasteiger charge is -2.30. The van der Waals surface area contributed by atoms with Crippen LogP contribution in [0.3, 0.4) is 0 Å². The molecule has 7 nitrogen and oxygen atoms in total. The molecule has 3 heterocycles. The van der Waals surface area contributed by atoms with Crippen LogP contribution in [-0.4, -0.2) is 45.5 Å². The molecule has 2 aromatic heterocycles. The molecule has 3 aliphatic rings. The number of rotatable bonds is 4. The summed E-state index contributed by atoms with van der Waals surface area (Å²) in [5.74, 6) is 1.22. The number of aromatic nitrogens is 2. The van der Waals surface area contributed by atoms with Crippen LogP contribution in [0.4, 0.5) is 0 Å². The summed E-state index contributed by atoms with van der Waals surface area (Å²) in [6.45, 7) is 3.00. The Bertz CT molecular complexity index is 911. The number of hydrogen-bond donors (Lipinski definition) is 1. The molecule has 2 aromatic rings. The van der Waals surface area contributed by atoms with Gasteiger partial charge in [-0.3, -0.25) is 14.6 Å². The highest BCUT2D eigenvalue weighted by Gasteiger charge is 2.54. The van der Waals surface area contributed by atoms with Crippen LogP contribution in [-0.2, 0) is 4.79 Å². The Labute approximate surface area is 163 Å². The Hall–Kier alpha value is -2.70. The zero-order chi connectivity index (χ0) is 19.3. The molecule has 4 atom stereocenters. The van der Waals surface area contributed by atoms with Gasteiger partial charge in [0.25, 0.3) is 5.91 Å². The number of nitrogens with one attached hydrogen (secondary N) is 1. The third-order valence-electron chi connectivity index (χ3n) is 6.62. The van der Waals surface area contributed by atoms with Crippen molar-refractivity contribution in [3.8, 4) is 0 Å². The maximum Gasteiger partial charge on any atom is 0.276 e. The van der Waals surface area contributed by atoms with Crippen LogP contribution in [0.2, 0.25) is 0 Å². The van der Waals surface area contributed by atoms with Crippen LogP contribution in [0.1, 0.15) is 53.4 Å². The first-order chi connectivity index (χ1) is 13.6. The zero-order valence-electron chi connectivity index (χ0n) is 15.9. The first-order valence-electron chi connectivity index (χ1n) is 10.0. The standard InChI is InChI=1S/C21H24N4O3/c1-13-8-18(24-28-13)20(27)25-11-15-5-2-6-21(15,12-25)23-19(26)17-9-16(17)14-4-3-7-22-10-14/h3-4,7-8,10,15-17H,2,5-6,9,11-12H2,1H3,(H,23,26)/t15-,16-,17+,21-/m0/s1. The Morgan fingerprint density at radius 3 is 3.04 bits per heavy atom. The van der Waals surface area contributed by atoms with E-state index in [2.05, 4.69) is 15.5 Å². The van der Waals surface area contributed by atoms with Gasteiger partial charge in [-0.2, -0.15) is 0 Å². The Morgan fingerprint density at radius 1 is 1.39 bits per heavy atom. The SMILES string of the molecule is Cc1cc(C(=O)N2C[C@@H]3CCC[C@]3(NC(=O)[C@@H]3C[C@H]3c3cccnc3)C2)no1. The first kappa shape index (κ1) is 17.4. The summed E-state index contributed by atoms with van der Waals surface area (Å²) in [6, 6.07) is 5.63. The molecule has 3 fully saturated rings. The molecule has 2 amide bonds. The molecule has 0 radical (unpaired) electrons. The third kappa shape index (κ3) is 2.89. The van der Waals surface area contributed by atoms with Gasteiger partial charge in [-0.15, -0.1) is 0 Å². The molecule has 2 aliphatic carbocycles. The third-order valence-corrected chi connectivity index (χ3v) is 6.62. The maximum absolute atomic E-state index is 13.0. The summed E-state index contributed by atoms with van der Waals surface area (Å²) >= 11 is 0. The molecular formula is C21H24N4O3. The average molecular weight is 380 g/mol. The summed E-state index contributed by atoms with van der Waals surface area (Å²) in [7, 11) is 0. The average Bonchev–Trinajstić information content (AvgIpc) is 3.05. The van der Waals surface area contributed by atoms with Gasteiger partial charge in [0.05, 0.1) is 5.54 Å². The molecule has 0 aromatic carbocycles. The van der Waals surface area contributed by atoms with E-state index in [1.54, 1.807) is 19.2 Å². The molecule has 5 rings (SSSR count). The van der Waals surface area contributed by atoms with Gasteiger partial charge in [-0.25, -0.2) is 0 Å². The molecule has 28 heavy (non-hydrogen) atoms. The summed E-state index contributed by atoms with van der Waals surface area (Å²) < 4.78 is 5.05. The lowest BCUT2D eigenvalue weighted by molar-refractivity contribution is -0.124. The normalized spacial score (nSPS) is 30.9. The van der Waals surface area contributed by atoms with Crippen LogP contribution in [0.25, 0.3) is 0 Å².